The Hall–Kier alpha value is -3.43. The van der Waals surface area contributed by atoms with Crippen molar-refractivity contribution in [2.75, 3.05) is 33.4 Å². The summed E-state index contributed by atoms with van der Waals surface area (Å²) in [5, 5.41) is 7.76. The molecular formula is C23H33N3O7. The highest BCUT2D eigenvalue weighted by Crippen LogP contribution is 2.04. The largest absolute Gasteiger partial charge is 0.462 e. The number of esters is 2. The maximum atomic E-state index is 11.8. The van der Waals surface area contributed by atoms with E-state index in [9.17, 15) is 24.0 Å². The zero-order chi connectivity index (χ0) is 24.3. The monoisotopic (exact) mass is 463 g/mol. The fraction of sp³-hybridized carbons (Fsp3) is 0.522. The molecule has 3 N–H and O–H groups in total. The zero-order valence-corrected chi connectivity index (χ0v) is 19.0. The van der Waals surface area contributed by atoms with Crippen LogP contribution in [0.15, 0.2) is 30.3 Å². The van der Waals surface area contributed by atoms with E-state index in [2.05, 4.69) is 16.0 Å². The van der Waals surface area contributed by atoms with E-state index in [4.69, 9.17) is 9.47 Å². The Morgan fingerprint density at radius 2 is 1.21 bits per heavy atom. The average molecular weight is 464 g/mol. The van der Waals surface area contributed by atoms with E-state index in [0.717, 1.165) is 12.8 Å². The molecule has 0 saturated carbocycles. The Bertz CT molecular complexity index is 769. The van der Waals surface area contributed by atoms with Crippen LogP contribution in [0.2, 0.25) is 0 Å². The van der Waals surface area contributed by atoms with Crippen LogP contribution in [0.5, 0.6) is 0 Å². The van der Waals surface area contributed by atoms with Crippen molar-refractivity contribution in [1.29, 1.82) is 0 Å². The topological polar surface area (TPSA) is 140 Å². The van der Waals surface area contributed by atoms with Crippen LogP contribution in [0, 0.1) is 0 Å². The summed E-state index contributed by atoms with van der Waals surface area (Å²) < 4.78 is 9.72. The third-order valence-electron chi connectivity index (χ3n) is 4.48. The summed E-state index contributed by atoms with van der Waals surface area (Å²) in [6.07, 6.45) is 1.82. The molecule has 3 amide bonds. The van der Waals surface area contributed by atoms with Crippen LogP contribution in [0.1, 0.15) is 44.1 Å². The van der Waals surface area contributed by atoms with Crippen LogP contribution in [0.3, 0.4) is 0 Å². The zero-order valence-electron chi connectivity index (χ0n) is 19.0. The summed E-state index contributed by atoms with van der Waals surface area (Å²) in [5.74, 6) is -1.81. The lowest BCUT2D eigenvalue weighted by atomic mass is 10.1. The number of hydrogen-bond donors (Lipinski definition) is 3. The molecule has 0 unspecified atom stereocenters. The molecule has 0 fully saturated rings. The number of carbonyl (C=O) groups is 5. The molecular weight excluding hydrogens is 430 g/mol. The van der Waals surface area contributed by atoms with Gasteiger partial charge in [0.2, 0.25) is 17.7 Å². The average Bonchev–Trinajstić information content (AvgIpc) is 2.82. The van der Waals surface area contributed by atoms with Crippen LogP contribution < -0.4 is 16.0 Å². The van der Waals surface area contributed by atoms with E-state index in [1.165, 1.54) is 12.6 Å². The van der Waals surface area contributed by atoms with Gasteiger partial charge in [0.05, 0.1) is 12.8 Å². The lowest BCUT2D eigenvalue weighted by molar-refractivity contribution is -0.153. The first-order valence-electron chi connectivity index (χ1n) is 11.0. The van der Waals surface area contributed by atoms with Crippen LogP contribution in [0.25, 0.3) is 0 Å². The van der Waals surface area contributed by atoms with Crippen molar-refractivity contribution in [1.82, 2.24) is 16.0 Å². The van der Waals surface area contributed by atoms with Crippen molar-refractivity contribution in [3.8, 4) is 0 Å². The molecule has 1 rings (SSSR count). The smallest absolute Gasteiger partial charge is 0.306 e. The minimum Gasteiger partial charge on any atom is -0.462 e. The first-order chi connectivity index (χ1) is 15.9. The Morgan fingerprint density at radius 1 is 0.697 bits per heavy atom. The molecule has 0 aliphatic rings. The number of benzene rings is 1. The number of amides is 3. The highest BCUT2D eigenvalue weighted by Gasteiger charge is 2.10. The molecule has 0 aliphatic heterocycles. The summed E-state index contributed by atoms with van der Waals surface area (Å²) in [6.45, 7) is 0.341. The highest BCUT2D eigenvalue weighted by atomic mass is 16.6. The molecule has 0 spiro atoms. The van der Waals surface area contributed by atoms with E-state index in [1.54, 1.807) is 0 Å². The van der Waals surface area contributed by atoms with E-state index >= 15 is 0 Å². The molecule has 1 aromatic rings. The van der Waals surface area contributed by atoms with E-state index in [-0.39, 0.29) is 63.2 Å². The Balaban J connectivity index is 1.97. The minimum atomic E-state index is -0.585. The van der Waals surface area contributed by atoms with Gasteiger partial charge in [-0.3, -0.25) is 24.0 Å². The maximum Gasteiger partial charge on any atom is 0.306 e. The van der Waals surface area contributed by atoms with Gasteiger partial charge in [0.1, 0.15) is 13.2 Å². The third kappa shape index (κ3) is 15.1. The van der Waals surface area contributed by atoms with Crippen molar-refractivity contribution >= 4 is 29.7 Å². The number of nitrogens with one attached hydrogen (secondary N) is 3. The van der Waals surface area contributed by atoms with Crippen LogP contribution >= 0.6 is 0 Å². The molecule has 10 heteroatoms. The number of ether oxygens (including phenoxy) is 2. The highest BCUT2D eigenvalue weighted by molar-refractivity contribution is 5.82. The summed E-state index contributed by atoms with van der Waals surface area (Å²) in [4.78, 5) is 57.6. The molecule has 182 valence electrons. The molecule has 10 nitrogen and oxygen atoms in total. The van der Waals surface area contributed by atoms with Gasteiger partial charge < -0.3 is 25.4 Å². The van der Waals surface area contributed by atoms with Gasteiger partial charge in [0, 0.05) is 39.4 Å². The number of carbonyl (C=O) groups excluding carboxylic acids is 5. The minimum absolute atomic E-state index is 0.0299. The normalized spacial score (nSPS) is 10.1. The van der Waals surface area contributed by atoms with Crippen molar-refractivity contribution in [3.63, 3.8) is 0 Å². The molecule has 1 aromatic carbocycles. The second-order valence-corrected chi connectivity index (χ2v) is 7.15. The SMILES string of the molecule is CNC(=O)CCC(=O)OCCOC(=O)CCC(=O)NCCNC(=O)CCCc1ccccc1. The molecule has 0 radical (unpaired) electrons. The van der Waals surface area contributed by atoms with Gasteiger partial charge in [-0.1, -0.05) is 30.3 Å². The van der Waals surface area contributed by atoms with E-state index in [1.807, 2.05) is 30.3 Å². The number of aryl methyl sites for hydroxylation is 1. The Kier molecular flexibility index (Phi) is 14.4. The summed E-state index contributed by atoms with van der Waals surface area (Å²) >= 11 is 0. The van der Waals surface area contributed by atoms with Crippen molar-refractivity contribution in [3.05, 3.63) is 35.9 Å². The molecule has 0 bridgehead atoms. The van der Waals surface area contributed by atoms with Gasteiger partial charge in [0.15, 0.2) is 0 Å². The van der Waals surface area contributed by atoms with E-state index in [0.29, 0.717) is 13.0 Å². The summed E-state index contributed by atoms with van der Waals surface area (Å²) in [6, 6.07) is 9.93. The fourth-order valence-corrected chi connectivity index (χ4v) is 2.69. The quantitative estimate of drug-likeness (QED) is 0.241. The third-order valence-corrected chi connectivity index (χ3v) is 4.48. The predicted octanol–water partition coefficient (Wildman–Crippen LogP) is 0.635. The molecule has 33 heavy (non-hydrogen) atoms. The van der Waals surface area contributed by atoms with Crippen LogP contribution in [-0.4, -0.2) is 63.0 Å². The van der Waals surface area contributed by atoms with Gasteiger partial charge in [0.25, 0.3) is 0 Å². The maximum absolute atomic E-state index is 11.8. The van der Waals surface area contributed by atoms with Crippen LogP contribution in [0.4, 0.5) is 0 Å². The number of hydrogen-bond acceptors (Lipinski definition) is 7. The molecule has 0 atom stereocenters. The standard InChI is InChI=1S/C23H33N3O7/c1-24-19(27)10-12-22(30)32-16-17-33-23(31)13-11-21(29)26-15-14-25-20(28)9-5-8-18-6-3-2-4-7-18/h2-4,6-7H,5,8-17H2,1H3,(H,24,27)(H,25,28)(H,26,29). The molecule has 0 aromatic heterocycles. The first kappa shape index (κ1) is 27.6. The molecule has 0 aliphatic carbocycles. The van der Waals surface area contributed by atoms with Crippen molar-refractivity contribution in [2.24, 2.45) is 0 Å². The summed E-state index contributed by atoms with van der Waals surface area (Å²) in [5.41, 5.74) is 1.19. The fourth-order valence-electron chi connectivity index (χ4n) is 2.69. The van der Waals surface area contributed by atoms with Crippen LogP contribution in [-0.2, 0) is 39.9 Å². The van der Waals surface area contributed by atoms with Gasteiger partial charge in [-0.2, -0.15) is 0 Å². The lowest BCUT2D eigenvalue weighted by Gasteiger charge is -2.08. The molecule has 0 heterocycles. The van der Waals surface area contributed by atoms with Gasteiger partial charge in [-0.05, 0) is 18.4 Å². The lowest BCUT2D eigenvalue weighted by Crippen LogP contribution is -2.34. The molecule has 0 saturated heterocycles. The first-order valence-corrected chi connectivity index (χ1v) is 11.0. The van der Waals surface area contributed by atoms with Gasteiger partial charge >= 0.3 is 11.9 Å². The van der Waals surface area contributed by atoms with Crippen molar-refractivity contribution in [2.45, 2.75) is 44.9 Å². The van der Waals surface area contributed by atoms with Gasteiger partial charge in [-0.15, -0.1) is 0 Å². The van der Waals surface area contributed by atoms with Gasteiger partial charge in [-0.25, -0.2) is 0 Å². The Morgan fingerprint density at radius 3 is 1.76 bits per heavy atom. The second-order valence-electron chi connectivity index (χ2n) is 7.15. The van der Waals surface area contributed by atoms with E-state index < -0.39 is 11.9 Å². The Labute approximate surface area is 193 Å². The summed E-state index contributed by atoms with van der Waals surface area (Å²) in [7, 11) is 1.47. The number of rotatable bonds is 16. The van der Waals surface area contributed by atoms with Crippen molar-refractivity contribution < 1.29 is 33.4 Å². The second kappa shape index (κ2) is 17.2. The predicted molar refractivity (Wildman–Crippen MR) is 120 cm³/mol.